The average molecular weight is 467 g/mol. The fourth-order valence-corrected chi connectivity index (χ4v) is 2.81. The van der Waals surface area contributed by atoms with Gasteiger partial charge in [-0.05, 0) is 36.4 Å². The van der Waals surface area contributed by atoms with Crippen LogP contribution in [0.1, 0.15) is 21.6 Å². The van der Waals surface area contributed by atoms with Crippen molar-refractivity contribution >= 4 is 11.9 Å². The van der Waals surface area contributed by atoms with Crippen LogP contribution in [0.5, 0.6) is 0 Å². The van der Waals surface area contributed by atoms with Crippen LogP contribution in [0, 0.1) is 0 Å². The van der Waals surface area contributed by atoms with Gasteiger partial charge in [-0.25, -0.2) is 4.98 Å². The predicted octanol–water partition coefficient (Wildman–Crippen LogP) is 5.21. The van der Waals surface area contributed by atoms with E-state index in [0.29, 0.717) is 17.3 Å². The number of nitrogens with zero attached hydrogens (tertiary/aromatic N) is 4. The maximum atomic E-state index is 12.8. The molecule has 1 amide bonds. The number of carbonyl (C=O) groups is 1. The summed E-state index contributed by atoms with van der Waals surface area (Å²) in [6.07, 6.45) is -7.40. The second-order valence-electron chi connectivity index (χ2n) is 6.66. The first-order valence-electron chi connectivity index (χ1n) is 9.05. The summed E-state index contributed by atoms with van der Waals surface area (Å²) in [5, 5.41) is 9.59. The van der Waals surface area contributed by atoms with Gasteiger partial charge >= 0.3 is 18.4 Å². The third kappa shape index (κ3) is 4.86. The quantitative estimate of drug-likeness (QED) is 0.417. The average Bonchev–Trinajstić information content (AvgIpc) is 3.43. The molecule has 7 nitrogen and oxygen atoms in total. The molecule has 0 aliphatic heterocycles. The topological polar surface area (TPSA) is 85.8 Å². The Bertz CT molecular complexity index is 1310. The van der Waals surface area contributed by atoms with Gasteiger partial charge in [-0.2, -0.15) is 26.3 Å². The van der Waals surface area contributed by atoms with Gasteiger partial charge in [0.2, 0.25) is 5.89 Å². The Morgan fingerprint density at radius 2 is 1.70 bits per heavy atom. The number of rotatable bonds is 4. The van der Waals surface area contributed by atoms with Crippen molar-refractivity contribution in [3.63, 3.8) is 0 Å². The first kappa shape index (κ1) is 22.0. The van der Waals surface area contributed by atoms with Crippen LogP contribution in [-0.4, -0.2) is 25.7 Å². The summed E-state index contributed by atoms with van der Waals surface area (Å²) >= 11 is 0. The van der Waals surface area contributed by atoms with Gasteiger partial charge in [-0.1, -0.05) is 17.2 Å². The summed E-state index contributed by atoms with van der Waals surface area (Å²) in [7, 11) is 0. The van der Waals surface area contributed by atoms with Crippen molar-refractivity contribution in [2.45, 2.75) is 12.4 Å². The smallest absolute Gasteiger partial charge is 0.403 e. The molecule has 0 fully saturated rings. The van der Waals surface area contributed by atoms with Crippen LogP contribution in [0.4, 0.5) is 32.4 Å². The van der Waals surface area contributed by atoms with Gasteiger partial charge in [0, 0.05) is 23.0 Å². The third-order valence-corrected chi connectivity index (χ3v) is 4.36. The van der Waals surface area contributed by atoms with Gasteiger partial charge in [0.05, 0.1) is 11.9 Å². The summed E-state index contributed by atoms with van der Waals surface area (Å²) in [6.45, 7) is 0. The molecule has 0 aliphatic carbocycles. The van der Waals surface area contributed by atoms with Crippen LogP contribution in [0.15, 0.2) is 65.5 Å². The number of amides is 1. The fourth-order valence-electron chi connectivity index (χ4n) is 2.81. The van der Waals surface area contributed by atoms with E-state index in [4.69, 9.17) is 4.42 Å². The Morgan fingerprint density at radius 3 is 2.39 bits per heavy atom. The molecule has 1 N–H and O–H groups in total. The molecule has 0 saturated heterocycles. The molecular weight excluding hydrogens is 456 g/mol. The highest BCUT2D eigenvalue weighted by atomic mass is 19.4. The van der Waals surface area contributed by atoms with Crippen LogP contribution in [0.3, 0.4) is 0 Å². The van der Waals surface area contributed by atoms with E-state index in [0.717, 1.165) is 29.2 Å². The number of halogens is 6. The molecule has 4 aromatic rings. The minimum atomic E-state index is -4.62. The number of nitrogens with one attached hydrogen (secondary N) is 1. The van der Waals surface area contributed by atoms with E-state index in [9.17, 15) is 31.1 Å². The Kier molecular flexibility index (Phi) is 5.39. The van der Waals surface area contributed by atoms with Crippen molar-refractivity contribution in [2.24, 2.45) is 0 Å². The number of benzene rings is 2. The fraction of sp³-hybridized carbons (Fsp3) is 0.100. The van der Waals surface area contributed by atoms with Crippen molar-refractivity contribution in [3.05, 3.63) is 77.9 Å². The van der Waals surface area contributed by atoms with E-state index in [-0.39, 0.29) is 17.5 Å². The zero-order valence-electron chi connectivity index (χ0n) is 16.1. The number of carbonyl (C=O) groups excluding carboxylic acids is 1. The van der Waals surface area contributed by atoms with Gasteiger partial charge in [0.25, 0.3) is 5.91 Å². The highest BCUT2D eigenvalue weighted by Gasteiger charge is 2.33. The number of imidazole rings is 1. The lowest BCUT2D eigenvalue weighted by Gasteiger charge is -2.07. The lowest BCUT2D eigenvalue weighted by atomic mass is 10.1. The normalized spacial score (nSPS) is 12.1. The Balaban J connectivity index is 1.53. The highest BCUT2D eigenvalue weighted by Crippen LogP contribution is 2.30. The molecule has 0 radical (unpaired) electrons. The van der Waals surface area contributed by atoms with Crippen molar-refractivity contribution < 1.29 is 35.6 Å². The van der Waals surface area contributed by atoms with E-state index < -0.39 is 29.5 Å². The molecule has 0 unspecified atom stereocenters. The number of hydrogen-bond donors (Lipinski definition) is 1. The molecule has 0 aliphatic rings. The molecule has 2 heterocycles. The maximum absolute atomic E-state index is 12.8. The lowest BCUT2D eigenvalue weighted by molar-refractivity contribution is -0.141. The SMILES string of the molecule is O=C(Nc1nnc(-c2cccc(-n3cnc(C(F)(F)F)c3)c2)o1)c1cccc(C(F)(F)F)c1. The number of aromatic nitrogens is 4. The molecule has 13 heteroatoms. The van der Waals surface area contributed by atoms with Crippen molar-refractivity contribution in [1.82, 2.24) is 19.7 Å². The van der Waals surface area contributed by atoms with Gasteiger partial charge in [-0.15, -0.1) is 5.10 Å². The van der Waals surface area contributed by atoms with E-state index in [1.54, 1.807) is 0 Å². The minimum Gasteiger partial charge on any atom is -0.403 e. The summed E-state index contributed by atoms with van der Waals surface area (Å²) in [5.74, 6) is -0.976. The molecule has 2 aromatic heterocycles. The van der Waals surface area contributed by atoms with Gasteiger partial charge in [0.15, 0.2) is 5.69 Å². The van der Waals surface area contributed by atoms with Gasteiger partial charge < -0.3 is 8.98 Å². The summed E-state index contributed by atoms with van der Waals surface area (Å²) < 4.78 is 83.3. The van der Waals surface area contributed by atoms with Crippen LogP contribution < -0.4 is 5.32 Å². The third-order valence-electron chi connectivity index (χ3n) is 4.36. The number of alkyl halides is 6. The zero-order valence-corrected chi connectivity index (χ0v) is 16.1. The molecule has 0 atom stereocenters. The van der Waals surface area contributed by atoms with Crippen LogP contribution >= 0.6 is 0 Å². The molecule has 170 valence electrons. The van der Waals surface area contributed by atoms with Crippen molar-refractivity contribution in [3.8, 4) is 17.1 Å². The summed E-state index contributed by atoms with van der Waals surface area (Å²) in [6, 6.07) is 9.45. The molecule has 0 spiro atoms. The lowest BCUT2D eigenvalue weighted by Crippen LogP contribution is -2.14. The zero-order chi connectivity index (χ0) is 23.8. The second kappa shape index (κ2) is 8.07. The number of hydrogen-bond acceptors (Lipinski definition) is 5. The summed E-state index contributed by atoms with van der Waals surface area (Å²) in [4.78, 5) is 15.6. The Hall–Kier alpha value is -4.16. The van der Waals surface area contributed by atoms with E-state index >= 15 is 0 Å². The van der Waals surface area contributed by atoms with E-state index in [1.165, 1.54) is 30.3 Å². The van der Waals surface area contributed by atoms with Crippen LogP contribution in [0.2, 0.25) is 0 Å². The van der Waals surface area contributed by atoms with Crippen LogP contribution in [-0.2, 0) is 12.4 Å². The summed E-state index contributed by atoms with van der Waals surface area (Å²) in [5.41, 5.74) is -1.69. The Morgan fingerprint density at radius 1 is 0.939 bits per heavy atom. The monoisotopic (exact) mass is 467 g/mol. The minimum absolute atomic E-state index is 0.0765. The van der Waals surface area contributed by atoms with E-state index in [1.807, 2.05) is 0 Å². The maximum Gasteiger partial charge on any atom is 0.434 e. The van der Waals surface area contributed by atoms with E-state index in [2.05, 4.69) is 20.5 Å². The van der Waals surface area contributed by atoms with Gasteiger partial charge in [0.1, 0.15) is 0 Å². The second-order valence-corrected chi connectivity index (χ2v) is 6.66. The molecule has 0 saturated carbocycles. The van der Waals surface area contributed by atoms with Crippen molar-refractivity contribution in [1.29, 1.82) is 0 Å². The van der Waals surface area contributed by atoms with Gasteiger partial charge in [-0.3, -0.25) is 10.1 Å². The molecule has 0 bridgehead atoms. The first-order valence-corrected chi connectivity index (χ1v) is 9.05. The van der Waals surface area contributed by atoms with Crippen molar-refractivity contribution in [2.75, 3.05) is 5.32 Å². The molecule has 33 heavy (non-hydrogen) atoms. The standard InChI is InChI=1S/C20H11F6N5O2/c21-19(22,23)13-5-1-3-11(7-13)16(32)28-18-30-29-17(33-18)12-4-2-6-14(8-12)31-9-15(27-10-31)20(24,25)26/h1-10H,(H,28,30,32). The van der Waals surface area contributed by atoms with Crippen LogP contribution in [0.25, 0.3) is 17.1 Å². The molecule has 4 rings (SSSR count). The predicted molar refractivity (Wildman–Crippen MR) is 101 cm³/mol. The largest absolute Gasteiger partial charge is 0.434 e. The number of anilines is 1. The molecular formula is C20H11F6N5O2. The molecule has 2 aromatic carbocycles. The highest BCUT2D eigenvalue weighted by molar-refractivity contribution is 6.03. The first-order chi connectivity index (χ1) is 15.5. The Labute approximate surface area is 180 Å².